The second-order valence-corrected chi connectivity index (χ2v) is 4.31. The number of allylic oxidation sites excluding steroid dienone is 2. The van der Waals surface area contributed by atoms with Crippen molar-refractivity contribution in [1.29, 1.82) is 0 Å². The summed E-state index contributed by atoms with van der Waals surface area (Å²) in [4.78, 5) is 2.94. The van der Waals surface area contributed by atoms with E-state index >= 15 is 0 Å². The molecular formula is C11H20ClN. The van der Waals surface area contributed by atoms with Gasteiger partial charge < -0.3 is 0 Å². The summed E-state index contributed by atoms with van der Waals surface area (Å²) in [6.45, 7) is 4.54. The van der Waals surface area contributed by atoms with Crippen LogP contribution >= 0.6 is 11.8 Å². The van der Waals surface area contributed by atoms with Crippen LogP contribution in [0.15, 0.2) is 12.2 Å². The molecule has 0 aromatic rings. The van der Waals surface area contributed by atoms with Crippen molar-refractivity contribution in [1.82, 2.24) is 4.84 Å². The molecule has 0 spiro atoms. The zero-order valence-corrected chi connectivity index (χ0v) is 9.35. The lowest BCUT2D eigenvalue weighted by molar-refractivity contribution is 0.268. The first-order valence-corrected chi connectivity index (χ1v) is 5.68. The van der Waals surface area contributed by atoms with Gasteiger partial charge in [-0.25, -0.2) is 4.84 Å². The maximum atomic E-state index is 5.77. The second-order valence-electron chi connectivity index (χ2n) is 4.09. The van der Waals surface area contributed by atoms with E-state index in [1.165, 1.54) is 25.7 Å². The lowest BCUT2D eigenvalue weighted by Gasteiger charge is -2.31. The highest BCUT2D eigenvalue weighted by atomic mass is 35.5. The average Bonchev–Trinajstić information content (AvgIpc) is 2.16. The summed E-state index contributed by atoms with van der Waals surface area (Å²) in [5, 5.41) is 0. The largest absolute Gasteiger partial charge is 0.230 e. The zero-order chi connectivity index (χ0) is 9.68. The molecule has 1 rings (SSSR count). The minimum absolute atomic E-state index is 0.492. The second kappa shape index (κ2) is 5.66. The number of halogens is 1. The van der Waals surface area contributed by atoms with E-state index in [1.54, 1.807) is 0 Å². The summed E-state index contributed by atoms with van der Waals surface area (Å²) >= 11 is 5.77. The van der Waals surface area contributed by atoms with Gasteiger partial charge in [-0.3, -0.25) is 0 Å². The van der Waals surface area contributed by atoms with Crippen LogP contribution in [-0.2, 0) is 0 Å². The van der Waals surface area contributed by atoms with Gasteiger partial charge in [0.05, 0.1) is 0 Å². The van der Waals surface area contributed by atoms with Gasteiger partial charge in [0.1, 0.15) is 0 Å². The Morgan fingerprint density at radius 2 is 2.15 bits per heavy atom. The quantitative estimate of drug-likeness (QED) is 0.543. The highest BCUT2D eigenvalue weighted by Gasteiger charge is 2.25. The van der Waals surface area contributed by atoms with Crippen molar-refractivity contribution in [2.45, 2.75) is 45.6 Å². The van der Waals surface area contributed by atoms with Gasteiger partial charge in [0.25, 0.3) is 0 Å². The Morgan fingerprint density at radius 1 is 1.46 bits per heavy atom. The molecule has 0 fully saturated rings. The molecule has 0 aliphatic heterocycles. The third-order valence-corrected chi connectivity index (χ3v) is 3.35. The van der Waals surface area contributed by atoms with Gasteiger partial charge in [0, 0.05) is 6.04 Å². The van der Waals surface area contributed by atoms with Gasteiger partial charge >= 0.3 is 0 Å². The minimum Gasteiger partial charge on any atom is -0.230 e. The SMILES string of the molecule is CCC[C@H](NCl)[C@@H]1CC=CCC1C. The van der Waals surface area contributed by atoms with Crippen molar-refractivity contribution < 1.29 is 0 Å². The summed E-state index contributed by atoms with van der Waals surface area (Å²) in [6, 6.07) is 0.492. The zero-order valence-electron chi connectivity index (χ0n) is 8.59. The van der Waals surface area contributed by atoms with Crippen LogP contribution in [0.5, 0.6) is 0 Å². The van der Waals surface area contributed by atoms with Gasteiger partial charge in [-0.2, -0.15) is 0 Å². The molecule has 76 valence electrons. The highest BCUT2D eigenvalue weighted by molar-refractivity contribution is 6.13. The molecule has 0 radical (unpaired) electrons. The van der Waals surface area contributed by atoms with E-state index in [-0.39, 0.29) is 0 Å². The summed E-state index contributed by atoms with van der Waals surface area (Å²) in [6.07, 6.45) is 9.37. The van der Waals surface area contributed by atoms with Gasteiger partial charge in [-0.05, 0) is 42.9 Å². The molecule has 2 heteroatoms. The Balaban J connectivity index is 2.51. The first-order valence-electron chi connectivity index (χ1n) is 5.30. The van der Waals surface area contributed by atoms with Crippen molar-refractivity contribution in [3.05, 3.63) is 12.2 Å². The molecule has 0 heterocycles. The van der Waals surface area contributed by atoms with Crippen LogP contribution < -0.4 is 4.84 Å². The summed E-state index contributed by atoms with van der Waals surface area (Å²) in [5.74, 6) is 1.50. The first kappa shape index (κ1) is 11.1. The predicted octanol–water partition coefficient (Wildman–Crippen LogP) is 3.50. The number of nitrogens with one attached hydrogen (secondary N) is 1. The molecule has 1 N–H and O–H groups in total. The summed E-state index contributed by atoms with van der Waals surface area (Å²) in [7, 11) is 0. The molecular weight excluding hydrogens is 182 g/mol. The van der Waals surface area contributed by atoms with E-state index < -0.39 is 0 Å². The third-order valence-electron chi connectivity index (χ3n) is 3.07. The lowest BCUT2D eigenvalue weighted by Crippen LogP contribution is -2.35. The minimum atomic E-state index is 0.492. The van der Waals surface area contributed by atoms with E-state index in [4.69, 9.17) is 11.8 Å². The molecule has 3 atom stereocenters. The number of hydrogen-bond acceptors (Lipinski definition) is 1. The molecule has 0 saturated heterocycles. The fourth-order valence-corrected chi connectivity index (χ4v) is 2.46. The molecule has 1 unspecified atom stereocenters. The Hall–Kier alpha value is -0.0100. The monoisotopic (exact) mass is 201 g/mol. The van der Waals surface area contributed by atoms with Crippen LogP contribution in [0.1, 0.15) is 39.5 Å². The van der Waals surface area contributed by atoms with Crippen molar-refractivity contribution >= 4 is 11.8 Å². The highest BCUT2D eigenvalue weighted by Crippen LogP contribution is 2.29. The number of hydrogen-bond donors (Lipinski definition) is 1. The molecule has 1 nitrogen and oxygen atoms in total. The Kier molecular flexibility index (Phi) is 4.82. The molecule has 0 amide bonds. The predicted molar refractivity (Wildman–Crippen MR) is 58.7 cm³/mol. The Labute approximate surface area is 86.7 Å². The lowest BCUT2D eigenvalue weighted by atomic mass is 9.78. The van der Waals surface area contributed by atoms with E-state index in [1.807, 2.05) is 0 Å². The molecule has 0 bridgehead atoms. The van der Waals surface area contributed by atoms with Crippen molar-refractivity contribution in [3.8, 4) is 0 Å². The fourth-order valence-electron chi connectivity index (χ4n) is 2.19. The Bertz CT molecular complexity index is 167. The Morgan fingerprint density at radius 3 is 2.69 bits per heavy atom. The smallest absolute Gasteiger partial charge is 0.0254 e. The number of rotatable bonds is 4. The van der Waals surface area contributed by atoms with Crippen LogP contribution in [0.3, 0.4) is 0 Å². The van der Waals surface area contributed by atoms with Crippen LogP contribution in [0.2, 0.25) is 0 Å². The van der Waals surface area contributed by atoms with Gasteiger partial charge in [0.2, 0.25) is 0 Å². The summed E-state index contributed by atoms with van der Waals surface area (Å²) < 4.78 is 0. The van der Waals surface area contributed by atoms with Crippen LogP contribution in [0.4, 0.5) is 0 Å². The van der Waals surface area contributed by atoms with E-state index in [9.17, 15) is 0 Å². The normalized spacial score (nSPS) is 30.4. The summed E-state index contributed by atoms with van der Waals surface area (Å²) in [5.41, 5.74) is 0. The standard InChI is InChI=1S/C11H20ClN/c1-3-6-11(13-12)10-8-5-4-7-9(10)2/h4-5,9-11,13H,3,6-8H2,1-2H3/t9?,10-,11+/m1/s1. The van der Waals surface area contributed by atoms with Gasteiger partial charge in [0.15, 0.2) is 0 Å². The maximum Gasteiger partial charge on any atom is 0.0254 e. The molecule has 1 aliphatic carbocycles. The molecule has 0 saturated carbocycles. The molecule has 13 heavy (non-hydrogen) atoms. The maximum absolute atomic E-state index is 5.77. The molecule has 0 aromatic carbocycles. The van der Waals surface area contributed by atoms with E-state index in [2.05, 4.69) is 30.8 Å². The molecule has 0 aromatic heterocycles. The van der Waals surface area contributed by atoms with Crippen molar-refractivity contribution in [3.63, 3.8) is 0 Å². The van der Waals surface area contributed by atoms with Crippen LogP contribution in [0, 0.1) is 11.8 Å². The van der Waals surface area contributed by atoms with Gasteiger partial charge in [-0.15, -0.1) is 0 Å². The van der Waals surface area contributed by atoms with Gasteiger partial charge in [-0.1, -0.05) is 32.4 Å². The average molecular weight is 202 g/mol. The van der Waals surface area contributed by atoms with Crippen molar-refractivity contribution in [2.75, 3.05) is 0 Å². The first-order chi connectivity index (χ1) is 6.29. The van der Waals surface area contributed by atoms with Crippen LogP contribution in [0.25, 0.3) is 0 Å². The van der Waals surface area contributed by atoms with Crippen molar-refractivity contribution in [2.24, 2.45) is 11.8 Å². The van der Waals surface area contributed by atoms with E-state index in [0.29, 0.717) is 6.04 Å². The van der Waals surface area contributed by atoms with Crippen LogP contribution in [-0.4, -0.2) is 6.04 Å². The topological polar surface area (TPSA) is 12.0 Å². The molecule has 1 aliphatic rings. The fraction of sp³-hybridized carbons (Fsp3) is 0.818. The third kappa shape index (κ3) is 2.99. The van der Waals surface area contributed by atoms with E-state index in [0.717, 1.165) is 11.8 Å².